The fraction of sp³-hybridized carbons (Fsp3) is 0.703. The summed E-state index contributed by atoms with van der Waals surface area (Å²) in [5.74, 6) is -10.9. The van der Waals surface area contributed by atoms with Gasteiger partial charge in [0.05, 0.1) is 25.9 Å². The molecule has 0 radical (unpaired) electrons. The summed E-state index contributed by atoms with van der Waals surface area (Å²) >= 11 is 0. The van der Waals surface area contributed by atoms with Gasteiger partial charge in [-0.1, -0.05) is 27.7 Å². The van der Waals surface area contributed by atoms with Gasteiger partial charge in [0, 0.05) is 13.0 Å². The Morgan fingerprint density at radius 2 is 0.922 bits per heavy atom. The van der Waals surface area contributed by atoms with E-state index in [2.05, 4.69) is 36.9 Å². The number of rotatable bonds is 30. The number of guanidine groups is 1. The maximum absolute atomic E-state index is 13.7. The summed E-state index contributed by atoms with van der Waals surface area (Å²) in [5.41, 5.74) is 21.9. The van der Waals surface area contributed by atoms with Crippen molar-refractivity contribution in [1.82, 2.24) is 42.5 Å². The minimum Gasteiger partial charge on any atom is -0.480 e. The molecule has 20 N–H and O–H groups in total. The summed E-state index contributed by atoms with van der Waals surface area (Å²) in [6, 6.07) is -13.0. The van der Waals surface area contributed by atoms with E-state index in [4.69, 9.17) is 28.0 Å². The van der Waals surface area contributed by atoms with Crippen LogP contribution < -0.4 is 65.5 Å². The molecule has 0 aromatic heterocycles. The highest BCUT2D eigenvalue weighted by Crippen LogP contribution is 2.08. The lowest BCUT2D eigenvalue weighted by atomic mass is 10.0. The number of nitrogens with one attached hydrogen (secondary N) is 8. The zero-order valence-electron chi connectivity index (χ0n) is 36.8. The fourth-order valence-electron chi connectivity index (χ4n) is 5.47. The maximum atomic E-state index is 13.7. The molecule has 0 aliphatic carbocycles. The van der Waals surface area contributed by atoms with E-state index in [9.17, 15) is 63.3 Å². The average molecular weight is 918 g/mol. The number of primary amides is 1. The first-order chi connectivity index (χ1) is 29.8. The molecule has 0 saturated heterocycles. The van der Waals surface area contributed by atoms with Crippen molar-refractivity contribution in [3.05, 3.63) is 0 Å². The Bertz CT molecular complexity index is 1660. The molecule has 0 spiro atoms. The molecule has 0 aromatic rings. The van der Waals surface area contributed by atoms with Gasteiger partial charge < -0.3 is 85.9 Å². The Balaban J connectivity index is 6.09. The number of aliphatic imine (C=N–C) groups is 1. The predicted molar refractivity (Wildman–Crippen MR) is 226 cm³/mol. The number of aliphatic hydroxyl groups excluding tert-OH is 3. The number of hydrogen-bond acceptors (Lipinski definition) is 15. The molecule has 9 unspecified atom stereocenters. The summed E-state index contributed by atoms with van der Waals surface area (Å²) in [5, 5.41) is 56.2. The van der Waals surface area contributed by atoms with Crippen LogP contribution in [0.25, 0.3) is 0 Å². The molecule has 0 heterocycles. The van der Waals surface area contributed by atoms with E-state index in [0.29, 0.717) is 6.42 Å². The molecule has 0 aliphatic heterocycles. The summed E-state index contributed by atoms with van der Waals surface area (Å²) in [7, 11) is 0. The monoisotopic (exact) mass is 917 g/mol. The lowest BCUT2D eigenvalue weighted by Crippen LogP contribution is -2.61. The lowest BCUT2D eigenvalue weighted by Gasteiger charge is -2.28. The van der Waals surface area contributed by atoms with Gasteiger partial charge in [0.1, 0.15) is 48.3 Å². The molecule has 364 valence electrons. The van der Waals surface area contributed by atoms with E-state index in [1.807, 2.05) is 24.5 Å². The number of carbonyl (C=O) groups excluding carboxylic acids is 9. The van der Waals surface area contributed by atoms with Crippen LogP contribution in [-0.2, 0) is 47.9 Å². The second-order valence-electron chi connectivity index (χ2n) is 15.6. The second-order valence-corrected chi connectivity index (χ2v) is 15.6. The molecule has 0 aliphatic rings. The van der Waals surface area contributed by atoms with Gasteiger partial charge in [-0.3, -0.25) is 48.1 Å². The summed E-state index contributed by atoms with van der Waals surface area (Å²) < 4.78 is 0. The van der Waals surface area contributed by atoms with Crippen LogP contribution in [0.1, 0.15) is 73.6 Å². The zero-order valence-corrected chi connectivity index (χ0v) is 36.8. The highest BCUT2D eigenvalue weighted by Gasteiger charge is 2.34. The van der Waals surface area contributed by atoms with E-state index in [-0.39, 0.29) is 44.1 Å². The summed E-state index contributed by atoms with van der Waals surface area (Å²) in [6.07, 6.45) is -0.395. The van der Waals surface area contributed by atoms with Crippen LogP contribution in [0.5, 0.6) is 0 Å². The van der Waals surface area contributed by atoms with Crippen molar-refractivity contribution in [3.8, 4) is 0 Å². The van der Waals surface area contributed by atoms with Crippen LogP contribution in [0.15, 0.2) is 4.99 Å². The SMILES string of the molecule is CC(C)CC(N)C(=O)NC(C)C(=O)NC(CCC(N)=O)C(=O)NC(C)C(=O)NC(C(=O)NC(CCCN=C(N)N)C(=O)NC(CO)C(=O)NC(CO)C(=O)NC(CO)C(=O)O)C(C)C. The van der Waals surface area contributed by atoms with E-state index >= 15 is 0 Å². The van der Waals surface area contributed by atoms with Gasteiger partial charge in [-0.2, -0.15) is 0 Å². The van der Waals surface area contributed by atoms with Gasteiger partial charge in [0.25, 0.3) is 0 Å². The van der Waals surface area contributed by atoms with Crippen LogP contribution in [-0.4, -0.2) is 166 Å². The van der Waals surface area contributed by atoms with Crippen molar-refractivity contribution in [3.63, 3.8) is 0 Å². The van der Waals surface area contributed by atoms with E-state index < -0.39 is 139 Å². The largest absolute Gasteiger partial charge is 0.480 e. The molecule has 0 fully saturated rings. The topological polar surface area (TPSA) is 464 Å². The summed E-state index contributed by atoms with van der Waals surface area (Å²) in [4.78, 5) is 131. The first kappa shape index (κ1) is 57.8. The van der Waals surface area contributed by atoms with Crippen LogP contribution in [0.4, 0.5) is 0 Å². The number of nitrogens with two attached hydrogens (primary N) is 4. The highest BCUT2D eigenvalue weighted by atomic mass is 16.4. The highest BCUT2D eigenvalue weighted by molar-refractivity contribution is 5.98. The van der Waals surface area contributed by atoms with Crippen molar-refractivity contribution >= 4 is 65.1 Å². The average Bonchev–Trinajstić information content (AvgIpc) is 3.20. The normalized spacial score (nSPS) is 15.2. The molecule has 27 nitrogen and oxygen atoms in total. The number of amides is 9. The van der Waals surface area contributed by atoms with Gasteiger partial charge >= 0.3 is 5.97 Å². The third-order valence-corrected chi connectivity index (χ3v) is 9.13. The molecule has 0 rings (SSSR count). The third kappa shape index (κ3) is 21.7. The van der Waals surface area contributed by atoms with Crippen molar-refractivity contribution in [2.75, 3.05) is 26.4 Å². The predicted octanol–water partition coefficient (Wildman–Crippen LogP) is -7.69. The molecule has 0 aromatic carbocycles. The fourth-order valence-corrected chi connectivity index (χ4v) is 5.47. The molecule has 0 saturated carbocycles. The Morgan fingerprint density at radius 3 is 1.36 bits per heavy atom. The quantitative estimate of drug-likeness (QED) is 0.0181. The number of carboxylic acids is 1. The number of hydrogen-bond donors (Lipinski definition) is 16. The van der Waals surface area contributed by atoms with Gasteiger partial charge in [-0.05, 0) is 51.4 Å². The van der Waals surface area contributed by atoms with Crippen LogP contribution in [0.3, 0.4) is 0 Å². The molecular weight excluding hydrogens is 850 g/mol. The Kier molecular flexibility index (Phi) is 26.4. The molecule has 9 atom stereocenters. The van der Waals surface area contributed by atoms with Crippen molar-refractivity contribution < 1.29 is 68.4 Å². The minimum atomic E-state index is -1.80. The molecular formula is C37H67N13O14. The van der Waals surface area contributed by atoms with Crippen LogP contribution in [0, 0.1) is 11.8 Å². The lowest BCUT2D eigenvalue weighted by molar-refractivity contribution is -0.143. The van der Waals surface area contributed by atoms with Crippen LogP contribution >= 0.6 is 0 Å². The molecule has 9 amide bonds. The first-order valence-electron chi connectivity index (χ1n) is 20.4. The van der Waals surface area contributed by atoms with E-state index in [1.54, 1.807) is 13.8 Å². The Hall–Kier alpha value is -6.19. The number of aliphatic hydroxyl groups is 3. The third-order valence-electron chi connectivity index (χ3n) is 9.13. The Morgan fingerprint density at radius 1 is 0.516 bits per heavy atom. The van der Waals surface area contributed by atoms with Gasteiger partial charge in [0.2, 0.25) is 53.2 Å². The van der Waals surface area contributed by atoms with Gasteiger partial charge in [0.15, 0.2) is 5.96 Å². The van der Waals surface area contributed by atoms with Crippen molar-refractivity contribution in [1.29, 1.82) is 0 Å². The summed E-state index contributed by atoms with van der Waals surface area (Å²) in [6.45, 7) is 6.26. The molecule has 27 heteroatoms. The zero-order chi connectivity index (χ0) is 49.4. The van der Waals surface area contributed by atoms with Crippen molar-refractivity contribution in [2.24, 2.45) is 39.8 Å². The number of carboxylic acid groups (broad SMARTS) is 1. The van der Waals surface area contributed by atoms with Gasteiger partial charge in [-0.15, -0.1) is 0 Å². The number of carbonyl (C=O) groups is 10. The first-order valence-corrected chi connectivity index (χ1v) is 20.4. The maximum Gasteiger partial charge on any atom is 0.328 e. The Labute approximate surface area is 369 Å². The molecule has 0 bridgehead atoms. The van der Waals surface area contributed by atoms with E-state index in [1.165, 1.54) is 13.8 Å². The van der Waals surface area contributed by atoms with Gasteiger partial charge in [-0.25, -0.2) is 4.79 Å². The second kappa shape index (κ2) is 29.2. The minimum absolute atomic E-state index is 0.0210. The van der Waals surface area contributed by atoms with Crippen molar-refractivity contribution in [2.45, 2.75) is 128 Å². The number of aliphatic carboxylic acids is 1. The standard InChI is InChI=1S/C37H67N13O14/c1-16(2)12-20(38)30(57)43-18(5)28(55)45-22(9-10-26(39)54)31(58)44-19(6)29(56)50-27(17(3)4)35(62)46-21(8-7-11-42-37(40)41)32(59)47-23(13-51)33(60)48-24(14-52)34(61)49-25(15-53)36(63)64/h16-25,27,51-53H,7-15,38H2,1-6H3,(H2,39,54)(H,43,57)(H,44,58)(H,45,55)(H,46,62)(H,47,59)(H,48,60)(H,49,61)(H,50,56)(H,63,64)(H4,40,41,42). The van der Waals surface area contributed by atoms with Crippen LogP contribution in [0.2, 0.25) is 0 Å². The number of nitrogens with zero attached hydrogens (tertiary/aromatic N) is 1. The smallest absolute Gasteiger partial charge is 0.328 e. The van der Waals surface area contributed by atoms with E-state index in [0.717, 1.165) is 0 Å². The molecule has 64 heavy (non-hydrogen) atoms.